The molecule has 1 aromatic carbocycles. The number of hydrogen-bond acceptors (Lipinski definition) is 5. The molecule has 0 aromatic heterocycles. The van der Waals surface area contributed by atoms with Gasteiger partial charge in [-0.2, -0.15) is 0 Å². The van der Waals surface area contributed by atoms with Gasteiger partial charge in [-0.05, 0) is 30.7 Å². The van der Waals surface area contributed by atoms with Gasteiger partial charge in [-0.1, -0.05) is 20.3 Å². The van der Waals surface area contributed by atoms with E-state index in [0.29, 0.717) is 5.69 Å². The minimum atomic E-state index is -3.99. The summed E-state index contributed by atoms with van der Waals surface area (Å²) < 4.78 is 23.0. The van der Waals surface area contributed by atoms with E-state index in [4.69, 9.17) is 5.14 Å². The van der Waals surface area contributed by atoms with Crippen molar-refractivity contribution < 1.29 is 13.3 Å². The zero-order valence-electron chi connectivity index (χ0n) is 12.7. The van der Waals surface area contributed by atoms with Gasteiger partial charge in [0.15, 0.2) is 0 Å². The second-order valence-corrected chi connectivity index (χ2v) is 8.18. The lowest BCUT2D eigenvalue weighted by atomic mass is 9.75. The molecule has 0 amide bonds. The van der Waals surface area contributed by atoms with Gasteiger partial charge in [-0.25, -0.2) is 13.6 Å². The highest BCUT2D eigenvalue weighted by Gasteiger charge is 2.28. The Hall–Kier alpha value is -1.67. The molecule has 0 heterocycles. The highest BCUT2D eigenvalue weighted by molar-refractivity contribution is 7.89. The highest BCUT2D eigenvalue weighted by atomic mass is 32.2. The third kappa shape index (κ3) is 4.17. The van der Waals surface area contributed by atoms with Crippen LogP contribution in [0.2, 0.25) is 0 Å². The predicted octanol–water partition coefficient (Wildman–Crippen LogP) is 2.62. The lowest BCUT2D eigenvalue weighted by Crippen LogP contribution is -2.31. The normalized spacial score (nSPS) is 21.3. The number of hydrogen-bond donors (Lipinski definition) is 2. The quantitative estimate of drug-likeness (QED) is 0.651. The lowest BCUT2D eigenvalue weighted by molar-refractivity contribution is -0.385. The molecular weight excluding hydrogens is 306 g/mol. The average Bonchev–Trinajstić information content (AvgIpc) is 2.36. The average molecular weight is 327 g/mol. The van der Waals surface area contributed by atoms with E-state index < -0.39 is 14.9 Å². The number of sulfonamides is 1. The number of primary sulfonamides is 1. The zero-order valence-corrected chi connectivity index (χ0v) is 13.5. The second-order valence-electron chi connectivity index (χ2n) is 6.62. The third-order valence-electron chi connectivity index (χ3n) is 4.01. The second kappa shape index (κ2) is 5.85. The van der Waals surface area contributed by atoms with E-state index in [-0.39, 0.29) is 22.0 Å². The number of anilines is 1. The van der Waals surface area contributed by atoms with E-state index >= 15 is 0 Å². The highest BCUT2D eigenvalue weighted by Crippen LogP contribution is 2.36. The summed E-state index contributed by atoms with van der Waals surface area (Å²) in [6.45, 7) is 4.37. The molecule has 8 heteroatoms. The van der Waals surface area contributed by atoms with Crippen molar-refractivity contribution in [2.75, 3.05) is 5.32 Å². The molecule has 122 valence electrons. The lowest BCUT2D eigenvalue weighted by Gasteiger charge is -2.36. The number of nitrogens with two attached hydrogens (primary N) is 1. The summed E-state index contributed by atoms with van der Waals surface area (Å²) in [7, 11) is -3.99. The van der Waals surface area contributed by atoms with Crippen LogP contribution in [-0.4, -0.2) is 19.4 Å². The molecule has 1 aromatic rings. The van der Waals surface area contributed by atoms with Gasteiger partial charge in [-0.15, -0.1) is 0 Å². The molecule has 0 spiro atoms. The van der Waals surface area contributed by atoms with E-state index in [1.165, 1.54) is 12.1 Å². The number of nitro groups is 1. The van der Waals surface area contributed by atoms with Crippen molar-refractivity contribution in [2.45, 2.75) is 50.5 Å². The number of benzene rings is 1. The first-order valence-electron chi connectivity index (χ1n) is 7.16. The molecule has 0 radical (unpaired) electrons. The number of nitrogens with zero attached hydrogens (tertiary/aromatic N) is 1. The summed E-state index contributed by atoms with van der Waals surface area (Å²) in [5.41, 5.74) is 0.337. The van der Waals surface area contributed by atoms with Crippen LogP contribution < -0.4 is 10.5 Å². The molecule has 0 aliphatic heterocycles. The Morgan fingerprint density at radius 2 is 2.05 bits per heavy atom. The molecule has 7 nitrogen and oxygen atoms in total. The third-order valence-corrected chi connectivity index (χ3v) is 4.90. The van der Waals surface area contributed by atoms with Gasteiger partial charge in [-0.3, -0.25) is 10.1 Å². The first kappa shape index (κ1) is 16.7. The molecule has 1 atom stereocenters. The van der Waals surface area contributed by atoms with Crippen molar-refractivity contribution >= 4 is 21.4 Å². The van der Waals surface area contributed by atoms with E-state index in [0.717, 1.165) is 31.7 Å². The van der Waals surface area contributed by atoms with Crippen LogP contribution >= 0.6 is 0 Å². The Morgan fingerprint density at radius 3 is 2.59 bits per heavy atom. The maximum Gasteiger partial charge on any atom is 0.272 e. The SMILES string of the molecule is CC1(C)CCCC(Nc2cc([N+](=O)[O-])cc(S(N)(=O)=O)c2)C1. The Bertz CT molecular complexity index is 685. The Labute approximate surface area is 130 Å². The Kier molecular flexibility index (Phi) is 4.44. The summed E-state index contributed by atoms with van der Waals surface area (Å²) in [4.78, 5) is 10.1. The number of rotatable bonds is 4. The van der Waals surface area contributed by atoms with Crippen LogP contribution in [0.4, 0.5) is 11.4 Å². The smallest absolute Gasteiger partial charge is 0.272 e. The van der Waals surface area contributed by atoms with E-state index in [1.807, 2.05) is 0 Å². The van der Waals surface area contributed by atoms with Crippen molar-refractivity contribution in [1.29, 1.82) is 0 Å². The first-order chi connectivity index (χ1) is 10.1. The van der Waals surface area contributed by atoms with Crippen LogP contribution in [0, 0.1) is 15.5 Å². The molecule has 3 N–H and O–H groups in total. The fourth-order valence-corrected chi connectivity index (χ4v) is 3.57. The topological polar surface area (TPSA) is 115 Å². The van der Waals surface area contributed by atoms with Crippen molar-refractivity contribution in [3.63, 3.8) is 0 Å². The van der Waals surface area contributed by atoms with Crippen LogP contribution in [0.3, 0.4) is 0 Å². The van der Waals surface area contributed by atoms with Crippen LogP contribution in [0.1, 0.15) is 39.5 Å². The van der Waals surface area contributed by atoms with Crippen LogP contribution in [0.15, 0.2) is 23.1 Å². The molecule has 1 aliphatic carbocycles. The first-order valence-corrected chi connectivity index (χ1v) is 8.70. The van der Waals surface area contributed by atoms with Gasteiger partial charge < -0.3 is 5.32 Å². The van der Waals surface area contributed by atoms with Crippen molar-refractivity contribution in [3.8, 4) is 0 Å². The summed E-state index contributed by atoms with van der Waals surface area (Å²) in [6, 6.07) is 3.84. The fraction of sp³-hybridized carbons (Fsp3) is 0.571. The van der Waals surface area contributed by atoms with Gasteiger partial charge >= 0.3 is 0 Å². The Morgan fingerprint density at radius 1 is 1.36 bits per heavy atom. The maximum absolute atomic E-state index is 11.5. The van der Waals surface area contributed by atoms with Gasteiger partial charge in [0.25, 0.3) is 5.69 Å². The minimum absolute atomic E-state index is 0.166. The summed E-state index contributed by atoms with van der Waals surface area (Å²) in [6.07, 6.45) is 4.10. The fourth-order valence-electron chi connectivity index (χ4n) is 2.99. The maximum atomic E-state index is 11.5. The predicted molar refractivity (Wildman–Crippen MR) is 84.1 cm³/mol. The molecule has 1 aliphatic rings. The van der Waals surface area contributed by atoms with Crippen molar-refractivity contribution in [1.82, 2.24) is 0 Å². The van der Waals surface area contributed by atoms with Crippen LogP contribution in [0.25, 0.3) is 0 Å². The monoisotopic (exact) mass is 327 g/mol. The van der Waals surface area contributed by atoms with Crippen LogP contribution in [-0.2, 0) is 10.0 Å². The van der Waals surface area contributed by atoms with E-state index in [9.17, 15) is 18.5 Å². The number of non-ortho nitro benzene ring substituents is 1. The molecule has 1 unspecified atom stereocenters. The van der Waals surface area contributed by atoms with Gasteiger partial charge in [0.1, 0.15) is 0 Å². The molecule has 22 heavy (non-hydrogen) atoms. The molecular formula is C14H21N3O4S. The largest absolute Gasteiger partial charge is 0.382 e. The molecule has 1 fully saturated rings. The minimum Gasteiger partial charge on any atom is -0.382 e. The molecule has 1 saturated carbocycles. The van der Waals surface area contributed by atoms with Gasteiger partial charge in [0.05, 0.1) is 9.82 Å². The molecule has 2 rings (SSSR count). The number of nitrogens with one attached hydrogen (secondary N) is 1. The van der Waals surface area contributed by atoms with E-state index in [2.05, 4.69) is 19.2 Å². The summed E-state index contributed by atoms with van der Waals surface area (Å²) >= 11 is 0. The van der Waals surface area contributed by atoms with Crippen molar-refractivity contribution in [2.24, 2.45) is 10.6 Å². The van der Waals surface area contributed by atoms with Crippen LogP contribution in [0.5, 0.6) is 0 Å². The summed E-state index contributed by atoms with van der Waals surface area (Å²) in [5, 5.41) is 19.3. The summed E-state index contributed by atoms with van der Waals surface area (Å²) in [5.74, 6) is 0. The zero-order chi connectivity index (χ0) is 16.5. The standard InChI is InChI=1S/C14H21N3O4S/c1-14(2)5-3-4-10(9-14)16-11-6-12(17(18)19)8-13(7-11)22(15,20)21/h6-8,10,16H,3-5,9H2,1-2H3,(H2,15,20,21). The van der Waals surface area contributed by atoms with Crippen molar-refractivity contribution in [3.05, 3.63) is 28.3 Å². The molecule has 0 saturated heterocycles. The Balaban J connectivity index is 2.30. The van der Waals surface area contributed by atoms with Gasteiger partial charge in [0.2, 0.25) is 10.0 Å². The number of nitro benzene ring substituents is 1. The van der Waals surface area contributed by atoms with E-state index in [1.54, 1.807) is 0 Å². The van der Waals surface area contributed by atoms with Gasteiger partial charge in [0, 0.05) is 23.9 Å². The molecule has 0 bridgehead atoms.